The number of aromatic nitrogens is 2. The molecule has 0 saturated carbocycles. The maximum Gasteiger partial charge on any atom is 0.413 e. The highest BCUT2D eigenvalue weighted by molar-refractivity contribution is 6.29. The van der Waals surface area contributed by atoms with Crippen LogP contribution in [0.4, 0.5) is 10.6 Å². The normalized spacial score (nSPS) is 19.4. The maximum absolute atomic E-state index is 11.5. The number of fused-ring (bicyclic) bond motifs is 1. The monoisotopic (exact) mass is 243 g/mol. The van der Waals surface area contributed by atoms with E-state index in [1.165, 1.54) is 10.6 Å². The Labute approximate surface area is 96.1 Å². The van der Waals surface area contributed by atoms with Gasteiger partial charge in [-0.3, -0.25) is 9.47 Å². The van der Waals surface area contributed by atoms with Crippen LogP contribution in [0.25, 0.3) is 0 Å². The third-order valence-electron chi connectivity index (χ3n) is 2.62. The second-order valence-electron chi connectivity index (χ2n) is 3.66. The van der Waals surface area contributed by atoms with E-state index in [-0.39, 0.29) is 17.0 Å². The van der Waals surface area contributed by atoms with Crippen molar-refractivity contribution in [3.05, 3.63) is 21.7 Å². The zero-order chi connectivity index (χ0) is 11.9. The van der Waals surface area contributed by atoms with Gasteiger partial charge < -0.3 is 5.11 Å². The van der Waals surface area contributed by atoms with Crippen molar-refractivity contribution in [2.75, 3.05) is 4.90 Å². The van der Waals surface area contributed by atoms with E-state index in [0.29, 0.717) is 13.0 Å². The number of anilines is 1. The predicted octanol–water partition coefficient (Wildman–Crippen LogP) is 1.17. The number of amides is 1. The van der Waals surface area contributed by atoms with E-state index in [2.05, 4.69) is 4.98 Å². The topological polar surface area (TPSA) is 75.4 Å². The van der Waals surface area contributed by atoms with Crippen LogP contribution in [-0.4, -0.2) is 26.8 Å². The van der Waals surface area contributed by atoms with Gasteiger partial charge in [-0.05, 0) is 13.3 Å². The van der Waals surface area contributed by atoms with Gasteiger partial charge in [0.2, 0.25) is 0 Å². The van der Waals surface area contributed by atoms with Crippen LogP contribution in [0.1, 0.15) is 13.3 Å². The van der Waals surface area contributed by atoms with Gasteiger partial charge in [0.15, 0.2) is 0 Å². The Morgan fingerprint density at radius 3 is 3.00 bits per heavy atom. The number of halogens is 1. The Morgan fingerprint density at radius 1 is 1.69 bits per heavy atom. The summed E-state index contributed by atoms with van der Waals surface area (Å²) in [5.74, 6) is 0.288. The SMILES string of the molecule is C[C@@H]1CCn2c(cc(Cl)nc2=O)N1C(=O)O. The van der Waals surface area contributed by atoms with Crippen LogP contribution < -0.4 is 10.6 Å². The fraction of sp³-hybridized carbons (Fsp3) is 0.444. The largest absolute Gasteiger partial charge is 0.465 e. The number of carboxylic acid groups (broad SMARTS) is 1. The second kappa shape index (κ2) is 3.79. The molecule has 1 N–H and O–H groups in total. The lowest BCUT2D eigenvalue weighted by Gasteiger charge is -2.33. The molecule has 16 heavy (non-hydrogen) atoms. The third kappa shape index (κ3) is 1.65. The van der Waals surface area contributed by atoms with E-state index in [4.69, 9.17) is 16.7 Å². The molecule has 1 atom stereocenters. The average Bonchev–Trinajstić information content (AvgIpc) is 2.15. The van der Waals surface area contributed by atoms with Gasteiger partial charge in [0.05, 0.1) is 0 Å². The summed E-state index contributed by atoms with van der Waals surface area (Å²) in [6.07, 6.45) is -0.509. The molecule has 1 aliphatic heterocycles. The van der Waals surface area contributed by atoms with Crippen LogP contribution in [0.5, 0.6) is 0 Å². The first kappa shape index (κ1) is 10.9. The van der Waals surface area contributed by atoms with Crippen LogP contribution in [0.2, 0.25) is 5.15 Å². The second-order valence-corrected chi connectivity index (χ2v) is 4.05. The lowest BCUT2D eigenvalue weighted by Crippen LogP contribution is -2.46. The zero-order valence-electron chi connectivity index (χ0n) is 8.55. The Morgan fingerprint density at radius 2 is 2.38 bits per heavy atom. The van der Waals surface area contributed by atoms with Gasteiger partial charge in [0, 0.05) is 18.7 Å². The highest BCUT2D eigenvalue weighted by Crippen LogP contribution is 2.24. The van der Waals surface area contributed by atoms with Crippen LogP contribution in [-0.2, 0) is 6.54 Å². The summed E-state index contributed by atoms with van der Waals surface area (Å²) in [6.45, 7) is 2.25. The van der Waals surface area contributed by atoms with Crippen molar-refractivity contribution in [2.45, 2.75) is 25.9 Å². The van der Waals surface area contributed by atoms with Gasteiger partial charge in [-0.25, -0.2) is 9.59 Å². The van der Waals surface area contributed by atoms with Crippen LogP contribution in [0.15, 0.2) is 10.9 Å². The predicted molar refractivity (Wildman–Crippen MR) is 58.1 cm³/mol. The Hall–Kier alpha value is -1.56. The summed E-state index contributed by atoms with van der Waals surface area (Å²) in [4.78, 5) is 27.3. The summed E-state index contributed by atoms with van der Waals surface area (Å²) in [6, 6.07) is 1.22. The summed E-state index contributed by atoms with van der Waals surface area (Å²) >= 11 is 5.66. The molecule has 2 heterocycles. The molecular formula is C9H10ClN3O3. The lowest BCUT2D eigenvalue weighted by atomic mass is 10.1. The molecule has 0 radical (unpaired) electrons. The van der Waals surface area contributed by atoms with Gasteiger partial charge in [-0.1, -0.05) is 11.6 Å². The molecule has 0 bridgehead atoms. The van der Waals surface area contributed by atoms with Crippen molar-refractivity contribution in [3.63, 3.8) is 0 Å². The molecule has 0 aliphatic carbocycles. The number of hydrogen-bond donors (Lipinski definition) is 1. The van der Waals surface area contributed by atoms with Crippen molar-refractivity contribution in [3.8, 4) is 0 Å². The molecule has 0 aromatic carbocycles. The first-order valence-electron chi connectivity index (χ1n) is 4.80. The molecule has 0 spiro atoms. The van der Waals surface area contributed by atoms with Crippen molar-refractivity contribution in [2.24, 2.45) is 0 Å². The minimum atomic E-state index is -1.09. The minimum Gasteiger partial charge on any atom is -0.465 e. The molecule has 86 valence electrons. The average molecular weight is 244 g/mol. The summed E-state index contributed by atoms with van der Waals surface area (Å²) in [5, 5.41) is 9.10. The van der Waals surface area contributed by atoms with Gasteiger partial charge in [0.25, 0.3) is 0 Å². The number of hydrogen-bond acceptors (Lipinski definition) is 3. The van der Waals surface area contributed by atoms with Crippen LogP contribution in [0, 0.1) is 0 Å². The number of carbonyl (C=O) groups is 1. The van der Waals surface area contributed by atoms with E-state index in [1.54, 1.807) is 6.92 Å². The Kier molecular flexibility index (Phi) is 2.59. The van der Waals surface area contributed by atoms with Crippen molar-refractivity contribution < 1.29 is 9.90 Å². The first-order valence-corrected chi connectivity index (χ1v) is 5.18. The molecule has 6 nitrogen and oxygen atoms in total. The van der Waals surface area contributed by atoms with Gasteiger partial charge >= 0.3 is 11.8 Å². The standard InChI is InChI=1S/C9H10ClN3O3/c1-5-2-3-12-7(13(5)9(15)16)4-6(10)11-8(12)14/h4-5H,2-3H2,1H3,(H,15,16)/t5-/m1/s1. The maximum atomic E-state index is 11.5. The molecule has 2 rings (SSSR count). The third-order valence-corrected chi connectivity index (χ3v) is 2.82. The smallest absolute Gasteiger partial charge is 0.413 e. The van der Waals surface area contributed by atoms with E-state index in [0.717, 1.165) is 4.90 Å². The number of nitrogens with zero attached hydrogens (tertiary/aromatic N) is 3. The fourth-order valence-corrected chi connectivity index (χ4v) is 2.00. The minimum absolute atomic E-state index is 0.0107. The summed E-state index contributed by atoms with van der Waals surface area (Å²) in [5.41, 5.74) is -0.513. The van der Waals surface area contributed by atoms with Gasteiger partial charge in [0.1, 0.15) is 11.0 Å². The van der Waals surface area contributed by atoms with E-state index in [1.807, 2.05) is 0 Å². The summed E-state index contributed by atoms with van der Waals surface area (Å²) < 4.78 is 1.32. The molecule has 0 fully saturated rings. The highest BCUT2D eigenvalue weighted by Gasteiger charge is 2.29. The molecule has 1 aromatic rings. The number of rotatable bonds is 0. The molecule has 1 amide bonds. The van der Waals surface area contributed by atoms with Crippen molar-refractivity contribution in [1.29, 1.82) is 0 Å². The summed E-state index contributed by atoms with van der Waals surface area (Å²) in [7, 11) is 0. The van der Waals surface area contributed by atoms with Crippen LogP contribution in [0.3, 0.4) is 0 Å². The quantitative estimate of drug-likeness (QED) is 0.694. The van der Waals surface area contributed by atoms with E-state index in [9.17, 15) is 9.59 Å². The van der Waals surface area contributed by atoms with Gasteiger partial charge in [-0.2, -0.15) is 4.98 Å². The Bertz CT molecular complexity index is 499. The van der Waals surface area contributed by atoms with E-state index < -0.39 is 11.8 Å². The molecule has 0 unspecified atom stereocenters. The molecule has 7 heteroatoms. The first-order chi connectivity index (χ1) is 7.50. The van der Waals surface area contributed by atoms with Crippen molar-refractivity contribution >= 4 is 23.5 Å². The van der Waals surface area contributed by atoms with Crippen molar-refractivity contribution in [1.82, 2.24) is 9.55 Å². The zero-order valence-corrected chi connectivity index (χ0v) is 9.31. The molecular weight excluding hydrogens is 234 g/mol. The Balaban J connectivity index is 2.63. The lowest BCUT2D eigenvalue weighted by molar-refractivity contribution is 0.196. The van der Waals surface area contributed by atoms with Crippen LogP contribution >= 0.6 is 11.6 Å². The molecule has 1 aliphatic rings. The van der Waals surface area contributed by atoms with Gasteiger partial charge in [-0.15, -0.1) is 0 Å². The highest BCUT2D eigenvalue weighted by atomic mass is 35.5. The molecule has 0 saturated heterocycles. The van der Waals surface area contributed by atoms with E-state index >= 15 is 0 Å². The molecule has 1 aromatic heterocycles. The fourth-order valence-electron chi connectivity index (χ4n) is 1.83.